The second-order valence-electron chi connectivity index (χ2n) is 7.89. The molecule has 0 saturated carbocycles. The van der Waals surface area contributed by atoms with Gasteiger partial charge in [0, 0.05) is 4.91 Å². The highest BCUT2D eigenvalue weighted by Crippen LogP contribution is 2.38. The molecule has 0 spiro atoms. The molecule has 2 N–H and O–H groups in total. The molecule has 0 aromatic carbocycles. The largest absolute Gasteiger partial charge is 0.414 e. The first-order chi connectivity index (χ1) is 12.0. The molecule has 0 unspecified atom stereocenters. The minimum Gasteiger partial charge on any atom is -0.414 e. The Balaban J connectivity index is 2.20. The molecule has 11 heteroatoms. The number of halogens is 1. The maximum absolute atomic E-state index is 13.7. The first-order valence-electron chi connectivity index (χ1n) is 8.34. The van der Waals surface area contributed by atoms with Crippen LogP contribution in [0.4, 0.5) is 10.2 Å². The maximum Gasteiger partial charge on any atom is 0.351 e. The highest BCUT2D eigenvalue weighted by Gasteiger charge is 2.41. The number of anilines is 1. The van der Waals surface area contributed by atoms with E-state index in [0.29, 0.717) is 13.0 Å². The predicted octanol–water partition coefficient (Wildman–Crippen LogP) is 2.95. The zero-order chi connectivity index (χ0) is 19.7. The van der Waals surface area contributed by atoms with Crippen LogP contribution in [-0.2, 0) is 9.16 Å². The third-order valence-electron chi connectivity index (χ3n) is 5.01. The Labute approximate surface area is 152 Å². The summed E-state index contributed by atoms with van der Waals surface area (Å²) in [5.74, 6) is -1.32. The van der Waals surface area contributed by atoms with Gasteiger partial charge in [0.05, 0.1) is 24.9 Å². The van der Waals surface area contributed by atoms with Gasteiger partial charge in [0.1, 0.15) is 6.23 Å². The quantitative estimate of drug-likeness (QED) is 0.361. The molecular weight excluding hydrogens is 359 g/mol. The van der Waals surface area contributed by atoms with Crippen molar-refractivity contribution >= 4 is 14.1 Å². The van der Waals surface area contributed by atoms with Crippen LogP contribution >= 0.6 is 0 Å². The Kier molecular flexibility index (Phi) is 5.76. The van der Waals surface area contributed by atoms with E-state index < -0.39 is 37.9 Å². The van der Waals surface area contributed by atoms with Gasteiger partial charge < -0.3 is 14.9 Å². The van der Waals surface area contributed by atoms with Crippen molar-refractivity contribution < 1.29 is 13.6 Å². The summed E-state index contributed by atoms with van der Waals surface area (Å²) in [6.07, 6.45) is -0.0418. The van der Waals surface area contributed by atoms with Crippen LogP contribution in [-0.4, -0.2) is 36.6 Å². The van der Waals surface area contributed by atoms with E-state index in [2.05, 4.69) is 48.9 Å². The van der Waals surface area contributed by atoms with Crippen LogP contribution in [0.2, 0.25) is 18.1 Å². The minimum atomic E-state index is -1.98. The average Bonchev–Trinajstić information content (AvgIpc) is 2.91. The smallest absolute Gasteiger partial charge is 0.351 e. The monoisotopic (exact) mass is 384 g/mol. The number of rotatable bonds is 5. The molecule has 1 aromatic heterocycles. The molecule has 0 amide bonds. The van der Waals surface area contributed by atoms with Gasteiger partial charge in [0.25, 0.3) is 0 Å². The van der Waals surface area contributed by atoms with Gasteiger partial charge in [-0.1, -0.05) is 25.9 Å². The number of hydrogen-bond donors (Lipinski definition) is 1. The zero-order valence-electron chi connectivity index (χ0n) is 15.6. The third kappa shape index (κ3) is 4.23. The molecule has 2 rings (SSSR count). The number of nitrogen functional groups attached to an aromatic ring is 1. The van der Waals surface area contributed by atoms with Crippen LogP contribution in [0.1, 0.15) is 33.4 Å². The van der Waals surface area contributed by atoms with Crippen molar-refractivity contribution in [2.75, 3.05) is 12.3 Å². The van der Waals surface area contributed by atoms with Crippen molar-refractivity contribution in [1.82, 2.24) is 9.55 Å². The fraction of sp³-hybridized carbons (Fsp3) is 0.733. The van der Waals surface area contributed by atoms with E-state index >= 15 is 0 Å². The maximum atomic E-state index is 13.7. The van der Waals surface area contributed by atoms with Gasteiger partial charge in [0.15, 0.2) is 20.0 Å². The van der Waals surface area contributed by atoms with Crippen LogP contribution < -0.4 is 11.4 Å². The van der Waals surface area contributed by atoms with Crippen LogP contribution in [0.3, 0.4) is 0 Å². The van der Waals surface area contributed by atoms with Crippen molar-refractivity contribution in [2.24, 2.45) is 5.11 Å². The summed E-state index contributed by atoms with van der Waals surface area (Å²) in [5, 5.41) is 3.73. The summed E-state index contributed by atoms with van der Waals surface area (Å²) in [5.41, 5.74) is 13.3. The van der Waals surface area contributed by atoms with E-state index in [1.807, 2.05) is 0 Å². The predicted molar refractivity (Wildman–Crippen MR) is 97.5 cm³/mol. The molecule has 1 aliphatic heterocycles. The van der Waals surface area contributed by atoms with Gasteiger partial charge in [-0.15, -0.1) is 0 Å². The van der Waals surface area contributed by atoms with Crippen LogP contribution in [0.25, 0.3) is 10.4 Å². The second kappa shape index (κ2) is 7.35. The standard InChI is InChI=1S/C15H25FN6O3Si/c1-15(2,3)26(4,5)24-8-9-6-11(20-21-18)13(25-9)22-7-10(16)12(17)19-14(22)23/h7,9,11,13H,6,8H2,1-5H3,(H2,17,19,23)/t9-,11-,13+/m0/s1. The SMILES string of the molecule is CC(C)(C)[Si](C)(C)OC[C@@H]1C[C@H](N=[N+]=[N-])[C@H](n2cc(F)c(N)nc2=O)O1. The molecular formula is C15H25FN6O3Si. The van der Waals surface area contributed by atoms with Crippen molar-refractivity contribution in [2.45, 2.75) is 63.7 Å². The van der Waals surface area contributed by atoms with Crippen LogP contribution in [0.5, 0.6) is 0 Å². The molecule has 144 valence electrons. The van der Waals surface area contributed by atoms with E-state index in [1.165, 1.54) is 0 Å². The summed E-state index contributed by atoms with van der Waals surface area (Å²) in [4.78, 5) is 18.3. The van der Waals surface area contributed by atoms with Crippen LogP contribution in [0.15, 0.2) is 16.1 Å². The van der Waals surface area contributed by atoms with Crippen molar-refractivity contribution in [1.29, 1.82) is 0 Å². The second-order valence-corrected chi connectivity index (χ2v) is 12.7. The van der Waals surface area contributed by atoms with Crippen molar-refractivity contribution in [3.63, 3.8) is 0 Å². The molecule has 1 saturated heterocycles. The lowest BCUT2D eigenvalue weighted by Crippen LogP contribution is -2.42. The highest BCUT2D eigenvalue weighted by atomic mass is 28.4. The van der Waals surface area contributed by atoms with Crippen molar-refractivity contribution in [3.8, 4) is 0 Å². The first-order valence-corrected chi connectivity index (χ1v) is 11.2. The fourth-order valence-corrected chi connectivity index (χ4v) is 3.45. The van der Waals surface area contributed by atoms with Gasteiger partial charge in [-0.2, -0.15) is 4.98 Å². The highest BCUT2D eigenvalue weighted by molar-refractivity contribution is 6.74. The Bertz CT molecular complexity index is 772. The van der Waals surface area contributed by atoms with E-state index in [4.69, 9.17) is 20.4 Å². The molecule has 2 heterocycles. The lowest BCUT2D eigenvalue weighted by molar-refractivity contribution is -0.0259. The Morgan fingerprint density at radius 2 is 2.23 bits per heavy atom. The lowest BCUT2D eigenvalue weighted by atomic mass is 10.2. The molecule has 1 fully saturated rings. The van der Waals surface area contributed by atoms with Crippen LogP contribution in [0, 0.1) is 5.82 Å². The third-order valence-corrected chi connectivity index (χ3v) is 9.51. The molecule has 0 aliphatic carbocycles. The number of hydrogen-bond acceptors (Lipinski definition) is 6. The topological polar surface area (TPSA) is 128 Å². The number of azide groups is 1. The molecule has 26 heavy (non-hydrogen) atoms. The fourth-order valence-electron chi connectivity index (χ4n) is 2.42. The Morgan fingerprint density at radius 3 is 2.81 bits per heavy atom. The van der Waals surface area contributed by atoms with Gasteiger partial charge in [-0.3, -0.25) is 4.57 Å². The number of nitrogens with two attached hydrogens (primary N) is 1. The van der Waals surface area contributed by atoms with Gasteiger partial charge in [-0.25, -0.2) is 9.18 Å². The van der Waals surface area contributed by atoms with Crippen molar-refractivity contribution in [3.05, 3.63) is 32.9 Å². The molecule has 9 nitrogen and oxygen atoms in total. The lowest BCUT2D eigenvalue weighted by Gasteiger charge is -2.36. The Morgan fingerprint density at radius 1 is 1.58 bits per heavy atom. The molecule has 0 radical (unpaired) electrons. The Hall–Kier alpha value is -1.94. The average molecular weight is 384 g/mol. The number of nitrogens with zero attached hydrogens (tertiary/aromatic N) is 5. The van der Waals surface area contributed by atoms with E-state index in [0.717, 1.165) is 10.8 Å². The summed E-state index contributed by atoms with van der Waals surface area (Å²) in [6.45, 7) is 10.9. The van der Waals surface area contributed by atoms with E-state index in [9.17, 15) is 9.18 Å². The first kappa shape index (κ1) is 20.4. The molecule has 3 atom stereocenters. The summed E-state index contributed by atoms with van der Waals surface area (Å²) < 4.78 is 26.7. The van der Waals surface area contributed by atoms with Gasteiger partial charge >= 0.3 is 5.69 Å². The normalized spacial score (nSPS) is 23.7. The summed E-state index contributed by atoms with van der Waals surface area (Å²) >= 11 is 0. The summed E-state index contributed by atoms with van der Waals surface area (Å²) in [7, 11) is -1.98. The summed E-state index contributed by atoms with van der Waals surface area (Å²) in [6, 6.07) is -0.671. The zero-order valence-corrected chi connectivity index (χ0v) is 16.6. The molecule has 1 aromatic rings. The number of ether oxygens (including phenoxy) is 1. The number of aromatic nitrogens is 2. The molecule has 1 aliphatic rings. The van der Waals surface area contributed by atoms with E-state index in [1.54, 1.807) is 0 Å². The van der Waals surface area contributed by atoms with E-state index in [-0.39, 0.29) is 11.1 Å². The van der Waals surface area contributed by atoms with Gasteiger partial charge in [-0.05, 0) is 30.1 Å². The minimum absolute atomic E-state index is 0.0379. The molecule has 0 bridgehead atoms. The van der Waals surface area contributed by atoms with Gasteiger partial charge in [0.2, 0.25) is 0 Å².